The van der Waals surface area contributed by atoms with Gasteiger partial charge in [-0.15, -0.1) is 0 Å². The van der Waals surface area contributed by atoms with Gasteiger partial charge in [-0.2, -0.15) is 0 Å². The fraction of sp³-hybridized carbons (Fsp3) is 0. The third kappa shape index (κ3) is 3.31. The van der Waals surface area contributed by atoms with Crippen LogP contribution < -0.4 is 4.74 Å². The molecule has 10 rings (SSSR count). The second kappa shape index (κ2) is 8.82. The average Bonchev–Trinajstić information content (AvgIpc) is 3.40. The Bertz CT molecular complexity index is 2640. The van der Waals surface area contributed by atoms with Gasteiger partial charge in [-0.25, -0.2) is 0 Å². The molecular formula is C42H25NO. The second-order valence-corrected chi connectivity index (χ2v) is 11.8. The topological polar surface area (TPSA) is 14.2 Å². The van der Waals surface area contributed by atoms with Gasteiger partial charge in [-0.3, -0.25) is 0 Å². The van der Waals surface area contributed by atoms with Crippen molar-refractivity contribution in [3.05, 3.63) is 152 Å². The Balaban J connectivity index is 1.28. The minimum Gasteiger partial charge on any atom is -0.456 e. The molecule has 0 amide bonds. The molecule has 8 aromatic carbocycles. The molecule has 1 aromatic heterocycles. The maximum atomic E-state index is 6.44. The number of ether oxygens (including phenoxy) is 1. The average molecular weight is 560 g/mol. The van der Waals surface area contributed by atoms with Crippen molar-refractivity contribution < 1.29 is 4.74 Å². The lowest BCUT2D eigenvalue weighted by atomic mass is 9.91. The normalized spacial score (nSPS) is 12.3. The Hall–Kier alpha value is -5.86. The SMILES string of the molecule is c1ccc2cc(-n3c4cc5ccccc5cc4c4c(-c5ccc6c(c5)-c5cccc7cccc(c57)O6)cccc43)ccc2c1. The van der Waals surface area contributed by atoms with E-state index in [1.54, 1.807) is 0 Å². The first-order chi connectivity index (χ1) is 21.8. The minimum absolute atomic E-state index is 0.900. The van der Waals surface area contributed by atoms with Crippen molar-refractivity contribution in [1.29, 1.82) is 0 Å². The van der Waals surface area contributed by atoms with E-state index in [4.69, 9.17) is 4.74 Å². The van der Waals surface area contributed by atoms with E-state index in [9.17, 15) is 0 Å². The van der Waals surface area contributed by atoms with Crippen LogP contribution in [0.15, 0.2) is 152 Å². The van der Waals surface area contributed by atoms with Gasteiger partial charge in [-0.1, -0.05) is 103 Å². The molecule has 0 aliphatic carbocycles. The van der Waals surface area contributed by atoms with Crippen LogP contribution in [0.1, 0.15) is 0 Å². The standard InChI is InChI=1S/C42H25NO/c1-2-9-28-22-32(20-18-26(28)8-1)43-37-16-7-14-33(42(37)36-23-29-10-3-4-11-30(29)25-38(36)43)31-19-21-39-35(24-31)34-15-5-12-27-13-6-17-40(44-39)41(27)34/h1-25H. The quantitative estimate of drug-likeness (QED) is 0.205. The van der Waals surface area contributed by atoms with Crippen LogP contribution in [0.2, 0.25) is 0 Å². The predicted octanol–water partition coefficient (Wildman–Crippen LogP) is 11.7. The molecule has 0 saturated heterocycles. The molecule has 1 aliphatic heterocycles. The van der Waals surface area contributed by atoms with Crippen LogP contribution in [0.5, 0.6) is 11.5 Å². The van der Waals surface area contributed by atoms with Crippen molar-refractivity contribution >= 4 is 54.1 Å². The number of hydrogen-bond donors (Lipinski definition) is 0. The van der Waals surface area contributed by atoms with Gasteiger partial charge in [0.2, 0.25) is 0 Å². The zero-order chi connectivity index (χ0) is 28.8. The highest BCUT2D eigenvalue weighted by Gasteiger charge is 2.22. The summed E-state index contributed by atoms with van der Waals surface area (Å²) in [5, 5.41) is 9.86. The van der Waals surface area contributed by atoms with Crippen LogP contribution in [-0.2, 0) is 0 Å². The second-order valence-electron chi connectivity index (χ2n) is 11.8. The fourth-order valence-corrected chi connectivity index (χ4v) is 7.32. The van der Waals surface area contributed by atoms with E-state index in [0.717, 1.165) is 17.1 Å². The van der Waals surface area contributed by atoms with Gasteiger partial charge in [0.15, 0.2) is 0 Å². The van der Waals surface area contributed by atoms with Gasteiger partial charge in [0, 0.05) is 27.4 Å². The Morgan fingerprint density at radius 3 is 1.95 bits per heavy atom. The van der Waals surface area contributed by atoms with Gasteiger partial charge < -0.3 is 9.30 Å². The summed E-state index contributed by atoms with van der Waals surface area (Å²) in [6, 6.07) is 55.0. The molecule has 9 aromatic rings. The maximum absolute atomic E-state index is 6.44. The van der Waals surface area contributed by atoms with E-state index in [0.29, 0.717) is 0 Å². The zero-order valence-corrected chi connectivity index (χ0v) is 23.8. The van der Waals surface area contributed by atoms with Crippen LogP contribution in [0, 0.1) is 0 Å². The molecule has 0 radical (unpaired) electrons. The summed E-state index contributed by atoms with van der Waals surface area (Å²) < 4.78 is 8.88. The first-order valence-electron chi connectivity index (χ1n) is 15.1. The molecule has 0 bridgehead atoms. The van der Waals surface area contributed by atoms with Crippen LogP contribution in [0.4, 0.5) is 0 Å². The van der Waals surface area contributed by atoms with Crippen molar-refractivity contribution in [1.82, 2.24) is 4.57 Å². The molecule has 0 unspecified atom stereocenters. The van der Waals surface area contributed by atoms with Gasteiger partial charge in [0.25, 0.3) is 0 Å². The molecule has 1 aliphatic rings. The Morgan fingerprint density at radius 1 is 0.386 bits per heavy atom. The van der Waals surface area contributed by atoms with Gasteiger partial charge in [0.1, 0.15) is 11.5 Å². The van der Waals surface area contributed by atoms with Crippen molar-refractivity contribution in [2.45, 2.75) is 0 Å². The van der Waals surface area contributed by atoms with Crippen LogP contribution >= 0.6 is 0 Å². The summed E-state index contributed by atoms with van der Waals surface area (Å²) in [7, 11) is 0. The van der Waals surface area contributed by atoms with Gasteiger partial charge in [-0.05, 0) is 92.2 Å². The smallest absolute Gasteiger partial charge is 0.135 e. The lowest BCUT2D eigenvalue weighted by Crippen LogP contribution is -1.97. The highest BCUT2D eigenvalue weighted by atomic mass is 16.5. The summed E-state index contributed by atoms with van der Waals surface area (Å²) >= 11 is 0. The van der Waals surface area contributed by atoms with E-state index in [1.807, 2.05) is 0 Å². The van der Waals surface area contributed by atoms with Gasteiger partial charge >= 0.3 is 0 Å². The van der Waals surface area contributed by atoms with E-state index in [-0.39, 0.29) is 0 Å². The van der Waals surface area contributed by atoms with Crippen molar-refractivity contribution in [3.63, 3.8) is 0 Å². The first-order valence-corrected chi connectivity index (χ1v) is 15.1. The highest BCUT2D eigenvalue weighted by molar-refractivity contribution is 6.19. The molecule has 0 saturated carbocycles. The molecule has 0 fully saturated rings. The van der Waals surface area contributed by atoms with Crippen molar-refractivity contribution in [2.75, 3.05) is 0 Å². The summed E-state index contributed by atoms with van der Waals surface area (Å²) in [6.45, 7) is 0. The maximum Gasteiger partial charge on any atom is 0.135 e. The molecular weight excluding hydrogens is 534 g/mol. The number of hydrogen-bond acceptors (Lipinski definition) is 1. The number of nitrogens with zero attached hydrogens (tertiary/aromatic N) is 1. The van der Waals surface area contributed by atoms with E-state index in [1.165, 1.54) is 76.5 Å². The molecule has 0 N–H and O–H groups in total. The van der Waals surface area contributed by atoms with E-state index < -0.39 is 0 Å². The lowest BCUT2D eigenvalue weighted by Gasteiger charge is -2.22. The van der Waals surface area contributed by atoms with Crippen molar-refractivity contribution in [3.8, 4) is 39.4 Å². The summed E-state index contributed by atoms with van der Waals surface area (Å²) in [6.07, 6.45) is 0. The predicted molar refractivity (Wildman–Crippen MR) is 184 cm³/mol. The lowest BCUT2D eigenvalue weighted by molar-refractivity contribution is 0.487. The molecule has 0 spiro atoms. The monoisotopic (exact) mass is 559 g/mol. The largest absolute Gasteiger partial charge is 0.456 e. The van der Waals surface area contributed by atoms with Gasteiger partial charge in [0.05, 0.1) is 11.0 Å². The first kappa shape index (κ1) is 23.7. The molecule has 0 atom stereocenters. The molecule has 2 heterocycles. The number of aromatic nitrogens is 1. The molecule has 2 heteroatoms. The number of rotatable bonds is 2. The summed E-state index contributed by atoms with van der Waals surface area (Å²) in [4.78, 5) is 0. The van der Waals surface area contributed by atoms with E-state index in [2.05, 4.69) is 156 Å². The van der Waals surface area contributed by atoms with Crippen LogP contribution in [0.25, 0.3) is 82.1 Å². The molecule has 2 nitrogen and oxygen atoms in total. The summed E-state index contributed by atoms with van der Waals surface area (Å²) in [5.74, 6) is 1.82. The Labute approximate surface area is 254 Å². The fourth-order valence-electron chi connectivity index (χ4n) is 7.32. The third-order valence-electron chi connectivity index (χ3n) is 9.32. The van der Waals surface area contributed by atoms with Crippen LogP contribution in [-0.4, -0.2) is 4.57 Å². The van der Waals surface area contributed by atoms with Crippen molar-refractivity contribution in [2.24, 2.45) is 0 Å². The van der Waals surface area contributed by atoms with Crippen LogP contribution in [0.3, 0.4) is 0 Å². The highest BCUT2D eigenvalue weighted by Crippen LogP contribution is 2.48. The van der Waals surface area contributed by atoms with E-state index >= 15 is 0 Å². The Morgan fingerprint density at radius 2 is 1.09 bits per heavy atom. The zero-order valence-electron chi connectivity index (χ0n) is 23.8. The summed E-state index contributed by atoms with van der Waals surface area (Å²) in [5.41, 5.74) is 8.32. The molecule has 204 valence electrons. The third-order valence-corrected chi connectivity index (χ3v) is 9.32. The Kier molecular flexibility index (Phi) is 4.75. The number of benzene rings is 8. The minimum atomic E-state index is 0.900. The molecule has 44 heavy (non-hydrogen) atoms. The number of fused-ring (bicyclic) bond motifs is 7.